The molecule has 0 aliphatic heterocycles. The van der Waals surface area contributed by atoms with Gasteiger partial charge in [-0.15, -0.1) is 0 Å². The Kier molecular flexibility index (Phi) is 4.21. The van der Waals surface area contributed by atoms with Crippen molar-refractivity contribution >= 4 is 6.08 Å². The lowest BCUT2D eigenvalue weighted by atomic mass is 9.86. The third-order valence-electron chi connectivity index (χ3n) is 4.61. The molecular weight excluding hydrogens is 249 g/mol. The van der Waals surface area contributed by atoms with Gasteiger partial charge in [0.25, 0.3) is 0 Å². The summed E-state index contributed by atoms with van der Waals surface area (Å²) < 4.78 is 14.5. The largest absolute Gasteiger partial charge is 0.310 e. The molecule has 1 nitrogen and oxygen atoms in total. The van der Waals surface area contributed by atoms with Gasteiger partial charge < -0.3 is 5.32 Å². The molecule has 0 spiro atoms. The summed E-state index contributed by atoms with van der Waals surface area (Å²) in [5.41, 5.74) is 0.307. The average molecular weight is 273 g/mol. The van der Waals surface area contributed by atoms with E-state index >= 15 is 0 Å². The topological polar surface area (TPSA) is 12.0 Å². The predicted molar refractivity (Wildman–Crippen MR) is 82.3 cm³/mol. The van der Waals surface area contributed by atoms with Crippen LogP contribution in [0.15, 0.2) is 36.4 Å². The molecule has 2 aliphatic rings. The van der Waals surface area contributed by atoms with Crippen molar-refractivity contribution in [1.29, 1.82) is 0 Å². The van der Waals surface area contributed by atoms with Crippen molar-refractivity contribution in [2.45, 2.75) is 50.2 Å². The van der Waals surface area contributed by atoms with Gasteiger partial charge in [-0.1, -0.05) is 61.7 Å². The Morgan fingerprint density at radius 3 is 2.65 bits per heavy atom. The first-order valence-corrected chi connectivity index (χ1v) is 7.91. The monoisotopic (exact) mass is 273 g/mol. The number of hydrogen-bond acceptors (Lipinski definition) is 1. The van der Waals surface area contributed by atoms with Gasteiger partial charge in [0.15, 0.2) is 0 Å². The summed E-state index contributed by atoms with van der Waals surface area (Å²) >= 11 is 0. The fourth-order valence-electron chi connectivity index (χ4n) is 3.14. The molecule has 3 rings (SSSR count). The highest BCUT2D eigenvalue weighted by atomic mass is 19.1. The standard InChI is InChI=1S/C18H24FN/c19-18(11-5-2-6-12-18)14-20-17-13-16(17)10-9-15-7-3-1-4-8-15/h1,3-4,7-10,16-17,20H,2,5-6,11-14H2/b10-9+. The Morgan fingerprint density at radius 2 is 1.90 bits per heavy atom. The van der Waals surface area contributed by atoms with Gasteiger partial charge in [-0.05, 0) is 30.7 Å². The average Bonchev–Trinajstić information content (AvgIpc) is 3.24. The first-order valence-electron chi connectivity index (χ1n) is 7.91. The normalized spacial score (nSPS) is 28.6. The van der Waals surface area contributed by atoms with Crippen molar-refractivity contribution in [3.05, 3.63) is 42.0 Å². The van der Waals surface area contributed by atoms with E-state index in [1.54, 1.807) is 0 Å². The Bertz CT molecular complexity index is 448. The Hall–Kier alpha value is -1.15. The maximum Gasteiger partial charge on any atom is 0.123 e. The van der Waals surface area contributed by atoms with Gasteiger partial charge in [0.05, 0.1) is 0 Å². The third-order valence-corrected chi connectivity index (χ3v) is 4.61. The first kappa shape index (κ1) is 13.8. The minimum Gasteiger partial charge on any atom is -0.310 e. The molecule has 0 aromatic heterocycles. The summed E-state index contributed by atoms with van der Waals surface area (Å²) in [5, 5.41) is 3.43. The van der Waals surface area contributed by atoms with Gasteiger partial charge in [-0.25, -0.2) is 4.39 Å². The fraction of sp³-hybridized carbons (Fsp3) is 0.556. The minimum atomic E-state index is -0.936. The number of rotatable bonds is 5. The number of halogens is 1. The lowest BCUT2D eigenvalue weighted by Crippen LogP contribution is -2.39. The third kappa shape index (κ3) is 3.69. The molecule has 0 amide bonds. The molecule has 108 valence electrons. The van der Waals surface area contributed by atoms with Gasteiger partial charge in [-0.3, -0.25) is 0 Å². The number of benzene rings is 1. The van der Waals surface area contributed by atoms with Crippen molar-refractivity contribution in [3.8, 4) is 0 Å². The quantitative estimate of drug-likeness (QED) is 0.841. The summed E-state index contributed by atoms with van der Waals surface area (Å²) in [6.45, 7) is 0.549. The summed E-state index contributed by atoms with van der Waals surface area (Å²) in [4.78, 5) is 0. The van der Waals surface area contributed by atoms with Gasteiger partial charge in [-0.2, -0.15) is 0 Å². The molecule has 0 radical (unpaired) electrons. The molecule has 2 unspecified atom stereocenters. The summed E-state index contributed by atoms with van der Waals surface area (Å²) in [6.07, 6.45) is 10.4. The van der Waals surface area contributed by atoms with Crippen molar-refractivity contribution in [3.63, 3.8) is 0 Å². The lowest BCUT2D eigenvalue weighted by molar-refractivity contribution is 0.105. The molecule has 1 aromatic rings. The maximum atomic E-state index is 14.5. The summed E-state index contributed by atoms with van der Waals surface area (Å²) in [6, 6.07) is 10.9. The van der Waals surface area contributed by atoms with E-state index in [2.05, 4.69) is 41.7 Å². The first-order chi connectivity index (χ1) is 9.75. The van der Waals surface area contributed by atoms with E-state index in [1.807, 2.05) is 6.07 Å². The lowest BCUT2D eigenvalue weighted by Gasteiger charge is -2.29. The smallest absolute Gasteiger partial charge is 0.123 e. The Morgan fingerprint density at radius 1 is 1.15 bits per heavy atom. The number of nitrogens with one attached hydrogen (secondary N) is 1. The van der Waals surface area contributed by atoms with E-state index in [4.69, 9.17) is 0 Å². The predicted octanol–water partition coefficient (Wildman–Crippen LogP) is 4.35. The van der Waals surface area contributed by atoms with Crippen LogP contribution in [0.3, 0.4) is 0 Å². The van der Waals surface area contributed by atoms with Crippen LogP contribution in [-0.2, 0) is 0 Å². The molecular formula is C18H24FN. The molecule has 2 fully saturated rings. The van der Waals surface area contributed by atoms with Crippen LogP contribution in [-0.4, -0.2) is 18.3 Å². The Labute approximate surface area is 121 Å². The zero-order chi connectivity index (χ0) is 13.8. The van der Waals surface area contributed by atoms with Gasteiger partial charge in [0.1, 0.15) is 5.67 Å². The Balaban J connectivity index is 1.42. The van der Waals surface area contributed by atoms with Crippen LogP contribution in [0.5, 0.6) is 0 Å². The molecule has 1 N–H and O–H groups in total. The van der Waals surface area contributed by atoms with Gasteiger partial charge in [0.2, 0.25) is 0 Å². The molecule has 2 saturated carbocycles. The molecule has 2 atom stereocenters. The highest BCUT2D eigenvalue weighted by Crippen LogP contribution is 2.35. The van der Waals surface area contributed by atoms with Crippen molar-refractivity contribution < 1.29 is 4.39 Å². The molecule has 2 aliphatic carbocycles. The van der Waals surface area contributed by atoms with E-state index in [9.17, 15) is 4.39 Å². The van der Waals surface area contributed by atoms with Crippen molar-refractivity contribution in [2.24, 2.45) is 5.92 Å². The molecule has 0 bridgehead atoms. The van der Waals surface area contributed by atoms with Gasteiger partial charge >= 0.3 is 0 Å². The summed E-state index contributed by atoms with van der Waals surface area (Å²) in [5.74, 6) is 0.586. The molecule has 2 heteroatoms. The van der Waals surface area contributed by atoms with Crippen LogP contribution in [0.25, 0.3) is 6.08 Å². The van der Waals surface area contributed by atoms with Crippen LogP contribution >= 0.6 is 0 Å². The zero-order valence-electron chi connectivity index (χ0n) is 12.0. The highest BCUT2D eigenvalue weighted by molar-refractivity contribution is 5.49. The van der Waals surface area contributed by atoms with Crippen molar-refractivity contribution in [2.75, 3.05) is 6.54 Å². The van der Waals surface area contributed by atoms with E-state index in [0.717, 1.165) is 32.1 Å². The number of hydrogen-bond donors (Lipinski definition) is 1. The number of alkyl halides is 1. The van der Waals surface area contributed by atoms with Crippen LogP contribution in [0.4, 0.5) is 4.39 Å². The van der Waals surface area contributed by atoms with Crippen LogP contribution < -0.4 is 5.32 Å². The zero-order valence-corrected chi connectivity index (χ0v) is 12.0. The van der Waals surface area contributed by atoms with Crippen LogP contribution in [0, 0.1) is 5.92 Å². The van der Waals surface area contributed by atoms with Gasteiger partial charge in [0, 0.05) is 12.6 Å². The SMILES string of the molecule is FC1(CNC2CC2/C=C/c2ccccc2)CCCCC1. The second kappa shape index (κ2) is 6.09. The fourth-order valence-corrected chi connectivity index (χ4v) is 3.14. The second-order valence-electron chi connectivity index (χ2n) is 6.37. The van der Waals surface area contributed by atoms with Crippen LogP contribution in [0.2, 0.25) is 0 Å². The highest BCUT2D eigenvalue weighted by Gasteiger charge is 2.38. The van der Waals surface area contributed by atoms with E-state index < -0.39 is 5.67 Å². The maximum absolute atomic E-state index is 14.5. The summed E-state index contributed by atoms with van der Waals surface area (Å²) in [7, 11) is 0. The van der Waals surface area contributed by atoms with Crippen molar-refractivity contribution in [1.82, 2.24) is 5.32 Å². The minimum absolute atomic E-state index is 0.490. The molecule has 1 aromatic carbocycles. The molecule has 0 heterocycles. The second-order valence-corrected chi connectivity index (χ2v) is 6.37. The molecule has 20 heavy (non-hydrogen) atoms. The van der Waals surface area contributed by atoms with E-state index in [-0.39, 0.29) is 0 Å². The van der Waals surface area contributed by atoms with E-state index in [1.165, 1.54) is 12.0 Å². The van der Waals surface area contributed by atoms with Crippen LogP contribution in [0.1, 0.15) is 44.1 Å². The molecule has 0 saturated heterocycles. The van der Waals surface area contributed by atoms with E-state index in [0.29, 0.717) is 18.5 Å².